The van der Waals surface area contributed by atoms with E-state index in [0.29, 0.717) is 0 Å². The summed E-state index contributed by atoms with van der Waals surface area (Å²) in [6.45, 7) is 3.84. The van der Waals surface area contributed by atoms with Crippen molar-refractivity contribution in [3.8, 4) is 17.3 Å². The Hall–Kier alpha value is -2.71. The first-order valence-electron chi connectivity index (χ1n) is 7.94. The molecule has 2 aromatic heterocycles. The fourth-order valence-electron chi connectivity index (χ4n) is 2.99. The van der Waals surface area contributed by atoms with Gasteiger partial charge in [-0.3, -0.25) is 10.1 Å². The van der Waals surface area contributed by atoms with Crippen molar-refractivity contribution in [1.29, 1.82) is 5.26 Å². The molecule has 4 aromatic rings. The number of benzene rings is 2. The van der Waals surface area contributed by atoms with E-state index in [2.05, 4.69) is 43.2 Å². The number of rotatable bonds is 2. The molecule has 0 aliphatic rings. The van der Waals surface area contributed by atoms with Gasteiger partial charge in [0.05, 0.1) is 28.7 Å². The Morgan fingerprint density at radius 1 is 1.12 bits per heavy atom. The van der Waals surface area contributed by atoms with Crippen LogP contribution in [0, 0.1) is 11.3 Å². The summed E-state index contributed by atoms with van der Waals surface area (Å²) in [5.74, 6) is 0. The van der Waals surface area contributed by atoms with Crippen molar-refractivity contribution in [2.24, 2.45) is 0 Å². The number of nitriles is 1. The lowest BCUT2D eigenvalue weighted by Crippen LogP contribution is -2.13. The quantitative estimate of drug-likeness (QED) is 0.502. The number of H-pyrrole nitrogens is 1. The number of aromatic amines is 1. The molecule has 0 saturated heterocycles. The highest BCUT2D eigenvalue weighted by Crippen LogP contribution is 2.34. The zero-order valence-electron chi connectivity index (χ0n) is 13.8. The second-order valence-electron chi connectivity index (χ2n) is 6.59. The normalized spacial score (nSPS) is 11.8. The predicted octanol–water partition coefficient (Wildman–Crippen LogP) is 5.34. The van der Waals surface area contributed by atoms with Gasteiger partial charge in [0.1, 0.15) is 5.69 Å². The molecule has 0 radical (unpaired) electrons. The minimum atomic E-state index is -0.506. The molecule has 1 N–H and O–H groups in total. The van der Waals surface area contributed by atoms with Crippen molar-refractivity contribution in [1.82, 2.24) is 15.2 Å². The molecule has 0 saturated carbocycles. The highest BCUT2D eigenvalue weighted by molar-refractivity contribution is 9.10. The van der Waals surface area contributed by atoms with Gasteiger partial charge in [-0.1, -0.05) is 40.2 Å². The van der Waals surface area contributed by atoms with Crippen LogP contribution in [0.15, 0.2) is 53.1 Å². The summed E-state index contributed by atoms with van der Waals surface area (Å²) < 4.78 is 1.01. The number of pyridine rings is 1. The smallest absolute Gasteiger partial charge is 0.101 e. The number of halogens is 1. The molecule has 2 heterocycles. The standard InChI is InChI=1S/C20H15BrN4/c1-20(2,11-22)13-5-3-12(4-6-13)19-18-15-9-14(21)7-8-16(15)23-10-17(18)24-25-19/h3-10H,1-2H3,(H,24,25). The van der Waals surface area contributed by atoms with Crippen LogP contribution in [0.5, 0.6) is 0 Å². The van der Waals surface area contributed by atoms with E-state index in [1.807, 2.05) is 56.4 Å². The van der Waals surface area contributed by atoms with Gasteiger partial charge in [-0.2, -0.15) is 10.4 Å². The first kappa shape index (κ1) is 15.8. The van der Waals surface area contributed by atoms with Crippen LogP contribution in [0.4, 0.5) is 0 Å². The Labute approximate surface area is 153 Å². The van der Waals surface area contributed by atoms with Crippen LogP contribution >= 0.6 is 15.9 Å². The van der Waals surface area contributed by atoms with Crippen molar-refractivity contribution in [2.75, 3.05) is 0 Å². The summed E-state index contributed by atoms with van der Waals surface area (Å²) in [5.41, 5.74) is 4.22. The second kappa shape index (κ2) is 5.68. The molecule has 4 rings (SSSR count). The third kappa shape index (κ3) is 2.59. The van der Waals surface area contributed by atoms with E-state index in [1.54, 1.807) is 0 Å². The number of nitrogens with zero attached hydrogens (tertiary/aromatic N) is 3. The van der Waals surface area contributed by atoms with Crippen LogP contribution in [0.2, 0.25) is 0 Å². The van der Waals surface area contributed by atoms with Crippen LogP contribution in [0.1, 0.15) is 19.4 Å². The second-order valence-corrected chi connectivity index (χ2v) is 7.51. The maximum absolute atomic E-state index is 9.31. The highest BCUT2D eigenvalue weighted by Gasteiger charge is 2.20. The zero-order valence-corrected chi connectivity index (χ0v) is 15.4. The molecule has 25 heavy (non-hydrogen) atoms. The van der Waals surface area contributed by atoms with Gasteiger partial charge in [0.15, 0.2) is 0 Å². The molecular weight excluding hydrogens is 376 g/mol. The van der Waals surface area contributed by atoms with Gasteiger partial charge in [-0.05, 0) is 37.6 Å². The lowest BCUT2D eigenvalue weighted by molar-refractivity contribution is 0.687. The van der Waals surface area contributed by atoms with Crippen LogP contribution in [0.25, 0.3) is 33.1 Å². The minimum absolute atomic E-state index is 0.506. The lowest BCUT2D eigenvalue weighted by Gasteiger charge is -2.15. The first-order valence-corrected chi connectivity index (χ1v) is 8.73. The van der Waals surface area contributed by atoms with E-state index < -0.39 is 5.41 Å². The van der Waals surface area contributed by atoms with E-state index in [-0.39, 0.29) is 0 Å². The molecule has 0 fully saturated rings. The van der Waals surface area contributed by atoms with Crippen molar-refractivity contribution in [3.63, 3.8) is 0 Å². The molecule has 0 aliphatic heterocycles. The van der Waals surface area contributed by atoms with Crippen LogP contribution < -0.4 is 0 Å². The highest BCUT2D eigenvalue weighted by atomic mass is 79.9. The van der Waals surface area contributed by atoms with Crippen LogP contribution in [-0.4, -0.2) is 15.2 Å². The number of fused-ring (bicyclic) bond motifs is 3. The van der Waals surface area contributed by atoms with Gasteiger partial charge >= 0.3 is 0 Å². The Kier molecular flexibility index (Phi) is 3.59. The van der Waals surface area contributed by atoms with Crippen LogP contribution in [-0.2, 0) is 5.41 Å². The Bertz CT molecular complexity index is 1130. The molecule has 5 heteroatoms. The van der Waals surface area contributed by atoms with E-state index in [1.165, 1.54) is 0 Å². The molecule has 0 aliphatic carbocycles. The molecule has 0 unspecified atom stereocenters. The summed E-state index contributed by atoms with van der Waals surface area (Å²) in [4.78, 5) is 4.49. The molecule has 4 nitrogen and oxygen atoms in total. The fourth-order valence-corrected chi connectivity index (χ4v) is 3.36. The monoisotopic (exact) mass is 390 g/mol. The van der Waals surface area contributed by atoms with E-state index in [9.17, 15) is 5.26 Å². The largest absolute Gasteiger partial charge is 0.276 e. The SMILES string of the molecule is CC(C)(C#N)c1ccc(-c2n[nH]c3cnc4ccc(Br)cc4c23)cc1. The maximum atomic E-state index is 9.31. The average Bonchev–Trinajstić information content (AvgIpc) is 3.06. The summed E-state index contributed by atoms with van der Waals surface area (Å²) in [7, 11) is 0. The number of nitrogens with one attached hydrogen (secondary N) is 1. The van der Waals surface area contributed by atoms with E-state index in [4.69, 9.17) is 0 Å². The first-order chi connectivity index (χ1) is 12.0. The van der Waals surface area contributed by atoms with Crippen molar-refractivity contribution < 1.29 is 0 Å². The maximum Gasteiger partial charge on any atom is 0.101 e. The van der Waals surface area contributed by atoms with Gasteiger partial charge in [0, 0.05) is 20.8 Å². The topological polar surface area (TPSA) is 65.4 Å². The molecule has 0 amide bonds. The number of hydrogen-bond acceptors (Lipinski definition) is 3. The van der Waals surface area contributed by atoms with Gasteiger partial charge in [0.25, 0.3) is 0 Å². The molecule has 0 atom stereocenters. The number of hydrogen-bond donors (Lipinski definition) is 1. The zero-order chi connectivity index (χ0) is 17.6. The predicted molar refractivity (Wildman–Crippen MR) is 103 cm³/mol. The van der Waals surface area contributed by atoms with Crippen LogP contribution in [0.3, 0.4) is 0 Å². The van der Waals surface area contributed by atoms with E-state index in [0.717, 1.165) is 43.1 Å². The van der Waals surface area contributed by atoms with E-state index >= 15 is 0 Å². The molecular formula is C20H15BrN4. The Morgan fingerprint density at radius 3 is 2.60 bits per heavy atom. The van der Waals surface area contributed by atoms with Gasteiger partial charge < -0.3 is 0 Å². The molecule has 0 spiro atoms. The average molecular weight is 391 g/mol. The van der Waals surface area contributed by atoms with Gasteiger partial charge in [0.2, 0.25) is 0 Å². The van der Waals surface area contributed by atoms with Crippen molar-refractivity contribution in [3.05, 3.63) is 58.7 Å². The summed E-state index contributed by atoms with van der Waals surface area (Å²) in [6.07, 6.45) is 1.81. The molecule has 2 aromatic carbocycles. The van der Waals surface area contributed by atoms with Gasteiger partial charge in [-0.15, -0.1) is 0 Å². The van der Waals surface area contributed by atoms with Crippen molar-refractivity contribution in [2.45, 2.75) is 19.3 Å². The third-order valence-corrected chi connectivity index (χ3v) is 5.01. The van der Waals surface area contributed by atoms with Crippen molar-refractivity contribution >= 4 is 37.7 Å². The lowest BCUT2D eigenvalue weighted by atomic mass is 9.86. The number of aromatic nitrogens is 3. The fraction of sp³-hybridized carbons (Fsp3) is 0.150. The Morgan fingerprint density at radius 2 is 1.88 bits per heavy atom. The summed E-state index contributed by atoms with van der Waals surface area (Å²) in [6, 6.07) is 16.4. The molecule has 122 valence electrons. The summed E-state index contributed by atoms with van der Waals surface area (Å²) >= 11 is 3.54. The minimum Gasteiger partial charge on any atom is -0.276 e. The Balaban J connectivity index is 1.93. The molecule has 0 bridgehead atoms. The third-order valence-electron chi connectivity index (χ3n) is 4.51. The van der Waals surface area contributed by atoms with Gasteiger partial charge in [-0.25, -0.2) is 0 Å². The summed E-state index contributed by atoms with van der Waals surface area (Å²) in [5, 5.41) is 19.0.